The van der Waals surface area contributed by atoms with Crippen molar-refractivity contribution in [3.8, 4) is 0 Å². The Morgan fingerprint density at radius 2 is 2.00 bits per heavy atom. The number of carboxylic acid groups (broad SMARTS) is 1. The van der Waals surface area contributed by atoms with Gasteiger partial charge in [0.1, 0.15) is 0 Å². The minimum atomic E-state index is -0.804. The molecule has 2 rings (SSSR count). The van der Waals surface area contributed by atoms with E-state index in [4.69, 9.17) is 5.11 Å². The number of nitrogens with zero attached hydrogens (tertiary/aromatic N) is 1. The van der Waals surface area contributed by atoms with Crippen LogP contribution in [0.2, 0.25) is 0 Å². The second-order valence-electron chi connectivity index (χ2n) is 6.36. The zero-order valence-electron chi connectivity index (χ0n) is 11.8. The zero-order chi connectivity index (χ0) is 14.0. The molecule has 0 aromatic heterocycles. The molecule has 0 spiro atoms. The van der Waals surface area contributed by atoms with Crippen molar-refractivity contribution in [3.05, 3.63) is 11.6 Å². The van der Waals surface area contributed by atoms with Gasteiger partial charge in [-0.15, -0.1) is 0 Å². The number of carbonyl (C=O) groups is 2. The SMILES string of the molecule is CC1CCC(=CC(=O)N2CC[C@@](C)(C(=O)O)C2)CC1. The predicted molar refractivity (Wildman–Crippen MR) is 72.7 cm³/mol. The Morgan fingerprint density at radius 3 is 2.53 bits per heavy atom. The molecule has 2 fully saturated rings. The first-order valence-corrected chi connectivity index (χ1v) is 7.12. The molecule has 0 aromatic rings. The smallest absolute Gasteiger partial charge is 0.311 e. The van der Waals surface area contributed by atoms with Crippen LogP contribution in [0.15, 0.2) is 11.6 Å². The standard InChI is InChI=1S/C15H23NO3/c1-11-3-5-12(6-4-11)9-13(17)16-8-7-15(2,10-16)14(18)19/h9,11H,3-8,10H2,1-2H3,(H,18,19)/t11?,15-/m1/s1. The van der Waals surface area contributed by atoms with Crippen LogP contribution in [0.5, 0.6) is 0 Å². The number of amides is 1. The number of hydrogen-bond acceptors (Lipinski definition) is 2. The van der Waals surface area contributed by atoms with Crippen LogP contribution in [0, 0.1) is 11.3 Å². The summed E-state index contributed by atoms with van der Waals surface area (Å²) in [5.74, 6) is -0.0502. The second kappa shape index (κ2) is 5.35. The topological polar surface area (TPSA) is 57.6 Å². The van der Waals surface area contributed by atoms with Gasteiger partial charge in [-0.3, -0.25) is 9.59 Å². The normalized spacial score (nSPS) is 31.4. The number of allylic oxidation sites excluding steroid dienone is 1. The number of hydrogen-bond donors (Lipinski definition) is 1. The largest absolute Gasteiger partial charge is 0.481 e. The van der Waals surface area contributed by atoms with Crippen molar-refractivity contribution in [2.45, 2.75) is 46.0 Å². The van der Waals surface area contributed by atoms with E-state index >= 15 is 0 Å². The number of rotatable bonds is 2. The Balaban J connectivity index is 1.95. The van der Waals surface area contributed by atoms with Gasteiger partial charge < -0.3 is 10.0 Å². The molecule has 0 radical (unpaired) electrons. The number of carboxylic acids is 1. The molecular weight excluding hydrogens is 242 g/mol. The van der Waals surface area contributed by atoms with Crippen LogP contribution in [-0.4, -0.2) is 35.0 Å². The molecule has 1 aliphatic heterocycles. The number of carbonyl (C=O) groups excluding carboxylic acids is 1. The molecule has 0 unspecified atom stereocenters. The fraction of sp³-hybridized carbons (Fsp3) is 0.733. The maximum atomic E-state index is 12.2. The van der Waals surface area contributed by atoms with E-state index in [2.05, 4.69) is 6.92 Å². The summed E-state index contributed by atoms with van der Waals surface area (Å²) in [4.78, 5) is 25.0. The molecule has 1 aliphatic carbocycles. The van der Waals surface area contributed by atoms with Crippen LogP contribution in [0.1, 0.15) is 46.0 Å². The summed E-state index contributed by atoms with van der Waals surface area (Å²) in [6, 6.07) is 0. The highest BCUT2D eigenvalue weighted by atomic mass is 16.4. The summed E-state index contributed by atoms with van der Waals surface area (Å²) in [6.45, 7) is 4.86. The van der Waals surface area contributed by atoms with E-state index in [1.54, 1.807) is 17.9 Å². The van der Waals surface area contributed by atoms with Crippen LogP contribution < -0.4 is 0 Å². The molecule has 2 aliphatic rings. The van der Waals surface area contributed by atoms with E-state index in [1.165, 1.54) is 5.57 Å². The molecule has 106 valence electrons. The monoisotopic (exact) mass is 265 g/mol. The highest BCUT2D eigenvalue weighted by Crippen LogP contribution is 2.31. The molecule has 4 heteroatoms. The lowest BCUT2D eigenvalue weighted by Crippen LogP contribution is -2.34. The summed E-state index contributed by atoms with van der Waals surface area (Å²) in [5, 5.41) is 9.17. The number of likely N-dealkylation sites (tertiary alicyclic amines) is 1. The lowest BCUT2D eigenvalue weighted by atomic mass is 9.87. The van der Waals surface area contributed by atoms with Gasteiger partial charge in [0.2, 0.25) is 5.91 Å². The molecule has 1 atom stereocenters. The van der Waals surface area contributed by atoms with E-state index in [9.17, 15) is 9.59 Å². The maximum Gasteiger partial charge on any atom is 0.311 e. The molecule has 19 heavy (non-hydrogen) atoms. The van der Waals surface area contributed by atoms with Crippen molar-refractivity contribution in [1.29, 1.82) is 0 Å². The zero-order valence-corrected chi connectivity index (χ0v) is 11.8. The summed E-state index contributed by atoms with van der Waals surface area (Å²) >= 11 is 0. The summed E-state index contributed by atoms with van der Waals surface area (Å²) in [7, 11) is 0. The third kappa shape index (κ3) is 3.17. The highest BCUT2D eigenvalue weighted by molar-refractivity contribution is 5.89. The Bertz CT molecular complexity index is 406. The predicted octanol–water partition coefficient (Wildman–Crippen LogP) is 2.45. The fourth-order valence-electron chi connectivity index (χ4n) is 2.87. The third-order valence-electron chi connectivity index (χ3n) is 4.55. The molecular formula is C15H23NO3. The lowest BCUT2D eigenvalue weighted by molar-refractivity contribution is -0.147. The van der Waals surface area contributed by atoms with E-state index in [1.807, 2.05) is 0 Å². The summed E-state index contributed by atoms with van der Waals surface area (Å²) < 4.78 is 0. The van der Waals surface area contributed by atoms with Crippen LogP contribution in [-0.2, 0) is 9.59 Å². The first-order chi connectivity index (χ1) is 8.90. The average Bonchev–Trinajstić information content (AvgIpc) is 2.76. The van der Waals surface area contributed by atoms with Gasteiger partial charge in [0.05, 0.1) is 5.41 Å². The van der Waals surface area contributed by atoms with Gasteiger partial charge in [-0.2, -0.15) is 0 Å². The van der Waals surface area contributed by atoms with Crippen LogP contribution in [0.3, 0.4) is 0 Å². The van der Waals surface area contributed by atoms with Gasteiger partial charge in [0, 0.05) is 19.2 Å². The molecule has 1 N–H and O–H groups in total. The molecule has 1 heterocycles. The minimum Gasteiger partial charge on any atom is -0.481 e. The van der Waals surface area contributed by atoms with Gasteiger partial charge in [0.25, 0.3) is 0 Å². The molecule has 1 amide bonds. The first-order valence-electron chi connectivity index (χ1n) is 7.12. The average molecular weight is 265 g/mol. The van der Waals surface area contributed by atoms with E-state index in [0.717, 1.165) is 31.6 Å². The second-order valence-corrected chi connectivity index (χ2v) is 6.36. The molecule has 4 nitrogen and oxygen atoms in total. The summed E-state index contributed by atoms with van der Waals surface area (Å²) in [6.07, 6.45) is 6.64. The quantitative estimate of drug-likeness (QED) is 0.780. The van der Waals surface area contributed by atoms with Gasteiger partial charge in [-0.1, -0.05) is 12.5 Å². The van der Waals surface area contributed by atoms with Crippen molar-refractivity contribution in [3.63, 3.8) is 0 Å². The van der Waals surface area contributed by atoms with E-state index in [0.29, 0.717) is 19.5 Å². The van der Waals surface area contributed by atoms with Gasteiger partial charge >= 0.3 is 5.97 Å². The minimum absolute atomic E-state index is 0.00507. The van der Waals surface area contributed by atoms with Crippen molar-refractivity contribution in [2.75, 3.05) is 13.1 Å². The fourth-order valence-corrected chi connectivity index (χ4v) is 2.87. The molecule has 0 aromatic carbocycles. The van der Waals surface area contributed by atoms with E-state index in [-0.39, 0.29) is 5.91 Å². The Kier molecular flexibility index (Phi) is 3.97. The molecule has 0 bridgehead atoms. The van der Waals surface area contributed by atoms with Crippen LogP contribution >= 0.6 is 0 Å². The van der Waals surface area contributed by atoms with Crippen molar-refractivity contribution < 1.29 is 14.7 Å². The molecule has 1 saturated carbocycles. The van der Waals surface area contributed by atoms with Crippen LogP contribution in [0.25, 0.3) is 0 Å². The third-order valence-corrected chi connectivity index (χ3v) is 4.55. The lowest BCUT2D eigenvalue weighted by Gasteiger charge is -2.22. The van der Waals surface area contributed by atoms with Crippen molar-refractivity contribution in [2.24, 2.45) is 11.3 Å². The summed E-state index contributed by atoms with van der Waals surface area (Å²) in [5.41, 5.74) is 0.460. The van der Waals surface area contributed by atoms with E-state index < -0.39 is 11.4 Å². The molecule has 1 saturated heterocycles. The van der Waals surface area contributed by atoms with Gasteiger partial charge in [-0.25, -0.2) is 0 Å². The Labute approximate surface area is 114 Å². The maximum absolute atomic E-state index is 12.2. The van der Waals surface area contributed by atoms with Crippen LogP contribution in [0.4, 0.5) is 0 Å². The van der Waals surface area contributed by atoms with Crippen molar-refractivity contribution >= 4 is 11.9 Å². The number of aliphatic carboxylic acids is 1. The van der Waals surface area contributed by atoms with Gasteiger partial charge in [0.15, 0.2) is 0 Å². The highest BCUT2D eigenvalue weighted by Gasteiger charge is 2.41. The Hall–Kier alpha value is -1.32. The van der Waals surface area contributed by atoms with Crippen molar-refractivity contribution in [1.82, 2.24) is 4.90 Å². The Morgan fingerprint density at radius 1 is 1.37 bits per heavy atom. The first kappa shape index (κ1) is 14.1. The van der Waals surface area contributed by atoms with Gasteiger partial charge in [-0.05, 0) is 44.9 Å².